The number of carboxylic acid groups (broad SMARTS) is 1. The van der Waals surface area contributed by atoms with Gasteiger partial charge in [-0.2, -0.15) is 0 Å². The van der Waals surface area contributed by atoms with Crippen LogP contribution < -0.4 is 0 Å². The zero-order valence-electron chi connectivity index (χ0n) is 16.4. The van der Waals surface area contributed by atoms with E-state index in [4.69, 9.17) is 14.3 Å². The zero-order chi connectivity index (χ0) is 20.1. The van der Waals surface area contributed by atoms with E-state index >= 15 is 0 Å². The minimum Gasteiger partial charge on any atom is -0.481 e. The highest BCUT2D eigenvalue weighted by Gasteiger charge is 2.28. The molecular formula is C22H27NO5. The first-order chi connectivity index (χ1) is 13.4. The van der Waals surface area contributed by atoms with Gasteiger partial charge in [0.05, 0.1) is 17.9 Å². The summed E-state index contributed by atoms with van der Waals surface area (Å²) in [6.07, 6.45) is 3.83. The smallest absolute Gasteiger partial charge is 0.311 e. The van der Waals surface area contributed by atoms with E-state index in [1.165, 1.54) is 11.8 Å². The number of benzene rings is 1. The largest absolute Gasteiger partial charge is 0.481 e. The van der Waals surface area contributed by atoms with Crippen molar-refractivity contribution in [3.63, 3.8) is 0 Å². The maximum absolute atomic E-state index is 13.3. The highest BCUT2D eigenvalue weighted by Crippen LogP contribution is 2.22. The Morgan fingerprint density at radius 3 is 2.61 bits per heavy atom. The molecule has 0 aliphatic carbocycles. The first-order valence-corrected chi connectivity index (χ1v) is 9.69. The summed E-state index contributed by atoms with van der Waals surface area (Å²) in [6.45, 7) is 5.58. The van der Waals surface area contributed by atoms with E-state index in [1.807, 2.05) is 6.92 Å². The normalized spacial score (nSPS) is 16.3. The van der Waals surface area contributed by atoms with E-state index in [0.717, 1.165) is 31.4 Å². The molecule has 1 saturated heterocycles. The molecule has 6 heteroatoms. The van der Waals surface area contributed by atoms with Crippen molar-refractivity contribution in [2.45, 2.75) is 45.6 Å². The number of hydrogen-bond acceptors (Lipinski definition) is 4. The summed E-state index contributed by atoms with van der Waals surface area (Å²) in [5.74, 6) is -0.999. The molecule has 150 valence electrons. The van der Waals surface area contributed by atoms with Gasteiger partial charge in [0.2, 0.25) is 0 Å². The van der Waals surface area contributed by atoms with E-state index in [2.05, 4.69) is 24.3 Å². The van der Waals surface area contributed by atoms with Gasteiger partial charge in [-0.15, -0.1) is 0 Å². The predicted molar refractivity (Wildman–Crippen MR) is 105 cm³/mol. The lowest BCUT2D eigenvalue weighted by molar-refractivity contribution is -0.136. The van der Waals surface area contributed by atoms with E-state index in [1.54, 1.807) is 11.8 Å². The fourth-order valence-corrected chi connectivity index (χ4v) is 3.54. The minimum atomic E-state index is -1.02. The minimum absolute atomic E-state index is 0.0251. The van der Waals surface area contributed by atoms with Crippen molar-refractivity contribution in [1.29, 1.82) is 0 Å². The lowest BCUT2D eigenvalue weighted by atomic mass is 10.1. The lowest BCUT2D eigenvalue weighted by Crippen LogP contribution is -2.39. The number of nitrogens with zero attached hydrogens (tertiary/aromatic N) is 1. The summed E-state index contributed by atoms with van der Waals surface area (Å²) in [6, 6.07) is 8.27. The molecule has 0 spiro atoms. The van der Waals surface area contributed by atoms with Crippen LogP contribution in [0.5, 0.6) is 0 Å². The van der Waals surface area contributed by atoms with Crippen molar-refractivity contribution in [1.82, 2.24) is 4.90 Å². The van der Waals surface area contributed by atoms with Crippen LogP contribution in [-0.2, 0) is 22.4 Å². The van der Waals surface area contributed by atoms with Crippen LogP contribution in [-0.4, -0.2) is 47.7 Å². The molecule has 2 heterocycles. The highest BCUT2D eigenvalue weighted by molar-refractivity contribution is 5.97. The molecular weight excluding hydrogens is 358 g/mol. The molecule has 2 aromatic rings. The number of aliphatic carboxylic acids is 1. The molecule has 1 unspecified atom stereocenters. The maximum Gasteiger partial charge on any atom is 0.311 e. The van der Waals surface area contributed by atoms with Crippen molar-refractivity contribution in [2.24, 2.45) is 0 Å². The van der Waals surface area contributed by atoms with Gasteiger partial charge < -0.3 is 19.2 Å². The number of aryl methyl sites for hydroxylation is 2. The Bertz CT molecular complexity index is 818. The molecule has 1 atom stereocenters. The Hall–Kier alpha value is -2.60. The molecule has 28 heavy (non-hydrogen) atoms. The summed E-state index contributed by atoms with van der Waals surface area (Å²) in [4.78, 5) is 26.2. The molecule has 3 rings (SSSR count). The second-order valence-corrected chi connectivity index (χ2v) is 7.41. The molecule has 0 radical (unpaired) electrons. The van der Waals surface area contributed by atoms with Crippen molar-refractivity contribution in [2.75, 3.05) is 19.7 Å². The molecule has 1 aliphatic heterocycles. The number of amides is 1. The molecule has 1 aromatic carbocycles. The van der Waals surface area contributed by atoms with Crippen LogP contribution in [0.4, 0.5) is 0 Å². The average Bonchev–Trinajstić information content (AvgIpc) is 3.29. The average molecular weight is 385 g/mol. The van der Waals surface area contributed by atoms with Crippen molar-refractivity contribution < 1.29 is 23.8 Å². The van der Waals surface area contributed by atoms with Crippen molar-refractivity contribution in [3.8, 4) is 0 Å². The molecule has 1 aliphatic rings. The summed E-state index contributed by atoms with van der Waals surface area (Å²) < 4.78 is 11.1. The Morgan fingerprint density at radius 2 is 1.96 bits per heavy atom. The van der Waals surface area contributed by atoms with Crippen LogP contribution in [0, 0.1) is 13.8 Å². The Labute approximate surface area is 165 Å². The van der Waals surface area contributed by atoms with Gasteiger partial charge >= 0.3 is 5.97 Å². The van der Waals surface area contributed by atoms with Crippen molar-refractivity contribution in [3.05, 3.63) is 58.5 Å². The van der Waals surface area contributed by atoms with Gasteiger partial charge in [0.1, 0.15) is 12.2 Å². The second-order valence-electron chi connectivity index (χ2n) is 7.41. The zero-order valence-corrected chi connectivity index (χ0v) is 16.4. The number of ether oxygens (including phenoxy) is 1. The summed E-state index contributed by atoms with van der Waals surface area (Å²) in [7, 11) is 0. The maximum atomic E-state index is 13.3. The summed E-state index contributed by atoms with van der Waals surface area (Å²) in [5.41, 5.74) is 3.38. The van der Waals surface area contributed by atoms with Gasteiger partial charge in [0.15, 0.2) is 0 Å². The quantitative estimate of drug-likeness (QED) is 0.753. The third kappa shape index (κ3) is 5.01. The number of hydrogen-bond donors (Lipinski definition) is 1. The molecule has 0 bridgehead atoms. The highest BCUT2D eigenvalue weighted by atomic mass is 16.5. The van der Waals surface area contributed by atoms with Gasteiger partial charge in [0.25, 0.3) is 5.91 Å². The van der Waals surface area contributed by atoms with Gasteiger partial charge in [-0.05, 0) is 38.7 Å². The van der Waals surface area contributed by atoms with Crippen LogP contribution in [0.25, 0.3) is 0 Å². The molecule has 1 N–H and O–H groups in total. The molecule has 1 fully saturated rings. The van der Waals surface area contributed by atoms with Crippen LogP contribution in [0.1, 0.15) is 45.7 Å². The van der Waals surface area contributed by atoms with E-state index in [9.17, 15) is 9.59 Å². The first kappa shape index (κ1) is 20.1. The predicted octanol–water partition coefficient (Wildman–Crippen LogP) is 3.39. The number of rotatable bonds is 8. The number of carboxylic acids is 1. The first-order valence-electron chi connectivity index (χ1n) is 9.69. The van der Waals surface area contributed by atoms with Gasteiger partial charge in [0, 0.05) is 25.3 Å². The third-order valence-corrected chi connectivity index (χ3v) is 5.10. The van der Waals surface area contributed by atoms with Gasteiger partial charge in [-0.25, -0.2) is 0 Å². The molecule has 6 nitrogen and oxygen atoms in total. The molecule has 1 amide bonds. The Morgan fingerprint density at radius 1 is 1.21 bits per heavy atom. The summed E-state index contributed by atoms with van der Waals surface area (Å²) in [5, 5.41) is 9.12. The SMILES string of the molecule is Cc1ccc(CCN(CC2CCCO2)C(=O)c2c(C)coc2CC(=O)O)cc1. The van der Waals surface area contributed by atoms with Crippen molar-refractivity contribution >= 4 is 11.9 Å². The fraction of sp³-hybridized carbons (Fsp3) is 0.455. The summed E-state index contributed by atoms with van der Waals surface area (Å²) >= 11 is 0. The van der Waals surface area contributed by atoms with Crippen LogP contribution in [0.15, 0.2) is 34.9 Å². The van der Waals surface area contributed by atoms with Gasteiger partial charge in [-0.3, -0.25) is 9.59 Å². The standard InChI is InChI=1S/C22H27NO5/c1-15-5-7-17(8-6-15)9-10-23(13-18-4-3-11-27-18)22(26)21-16(2)14-28-19(21)12-20(24)25/h5-8,14,18H,3-4,9-13H2,1-2H3,(H,24,25). The number of furan rings is 1. The number of carbonyl (C=O) groups is 2. The van der Waals surface area contributed by atoms with E-state index in [-0.39, 0.29) is 24.2 Å². The lowest BCUT2D eigenvalue weighted by Gasteiger charge is -2.26. The fourth-order valence-electron chi connectivity index (χ4n) is 3.54. The van der Waals surface area contributed by atoms with Crippen LogP contribution in [0.3, 0.4) is 0 Å². The second kappa shape index (κ2) is 9.06. The van der Waals surface area contributed by atoms with Gasteiger partial charge in [-0.1, -0.05) is 29.8 Å². The van der Waals surface area contributed by atoms with Crippen LogP contribution >= 0.6 is 0 Å². The number of carbonyl (C=O) groups excluding carboxylic acids is 1. The Balaban J connectivity index is 1.79. The third-order valence-electron chi connectivity index (χ3n) is 5.10. The van der Waals surface area contributed by atoms with Crippen LogP contribution in [0.2, 0.25) is 0 Å². The topological polar surface area (TPSA) is 80.0 Å². The monoisotopic (exact) mass is 385 g/mol. The Kier molecular flexibility index (Phi) is 6.52. The molecule has 1 aromatic heterocycles. The van der Waals surface area contributed by atoms with E-state index in [0.29, 0.717) is 24.2 Å². The molecule has 0 saturated carbocycles. The van der Waals surface area contributed by atoms with E-state index < -0.39 is 5.97 Å².